The van der Waals surface area contributed by atoms with Crippen molar-refractivity contribution in [1.82, 2.24) is 5.32 Å². The van der Waals surface area contributed by atoms with Crippen molar-refractivity contribution in [3.8, 4) is 0 Å². The Kier molecular flexibility index (Phi) is 47.2. The van der Waals surface area contributed by atoms with Gasteiger partial charge in [-0.3, -0.25) is 9.36 Å². The standard InChI is InChI=1S/C60H101N2O6P/c1-6-8-10-12-14-16-18-20-21-22-23-24-25-26-27-28-29-30-31-32-33-34-35-36-37-38-39-40-41-42-44-46-48-50-52-54-60(64)61-58(57-68-69(65,66)67-56-55-62(3,4)5)59(63)53-51-49-47-45-43-19-17-15-13-11-9-7-2/h8,10,13-16,20-21,23-24,26-27,29-30,32-33,35-36,43,45,51,53,58-59,63H,6-7,9,11-12,17-19,22,25,28,31,34,37-42,44,46-50,52,54-57H2,1-5H3,(H-,61,64,65,66)/b10-8-,15-13+,16-14-,21-20-,24-23-,27-26-,30-29-,33-32-,36-35-,45-43+,53-51+. The number of nitrogens with zero attached hydrogens (tertiary/aromatic N) is 1. The highest BCUT2D eigenvalue weighted by Crippen LogP contribution is 2.38. The molecular weight excluding hydrogens is 876 g/mol. The monoisotopic (exact) mass is 977 g/mol. The third-order valence-electron chi connectivity index (χ3n) is 11.1. The fourth-order valence-corrected chi connectivity index (χ4v) is 7.55. The van der Waals surface area contributed by atoms with Crippen LogP contribution in [0.15, 0.2) is 134 Å². The van der Waals surface area contributed by atoms with Crippen LogP contribution in [0.1, 0.15) is 187 Å². The van der Waals surface area contributed by atoms with Gasteiger partial charge in [0.15, 0.2) is 0 Å². The summed E-state index contributed by atoms with van der Waals surface area (Å²) in [5.41, 5.74) is 0. The molecule has 2 N–H and O–H groups in total. The zero-order valence-corrected chi connectivity index (χ0v) is 45.3. The first-order chi connectivity index (χ1) is 33.5. The zero-order valence-electron chi connectivity index (χ0n) is 44.5. The van der Waals surface area contributed by atoms with Gasteiger partial charge in [-0.15, -0.1) is 0 Å². The van der Waals surface area contributed by atoms with E-state index in [0.29, 0.717) is 17.4 Å². The van der Waals surface area contributed by atoms with Crippen LogP contribution in [-0.2, 0) is 18.4 Å². The first kappa shape index (κ1) is 65.6. The van der Waals surface area contributed by atoms with Crippen molar-refractivity contribution < 1.29 is 32.9 Å². The summed E-state index contributed by atoms with van der Waals surface area (Å²) in [5, 5.41) is 13.8. The molecule has 0 aliphatic carbocycles. The number of hydrogen-bond donors (Lipinski definition) is 2. The second kappa shape index (κ2) is 49.6. The van der Waals surface area contributed by atoms with Crippen LogP contribution in [0.5, 0.6) is 0 Å². The van der Waals surface area contributed by atoms with E-state index in [1.54, 1.807) is 6.08 Å². The number of quaternary nitrogens is 1. The number of allylic oxidation sites excluding steroid dienone is 21. The lowest BCUT2D eigenvalue weighted by Crippen LogP contribution is -2.45. The molecule has 0 aliphatic heterocycles. The molecule has 1 amide bonds. The van der Waals surface area contributed by atoms with E-state index in [4.69, 9.17) is 9.05 Å². The Morgan fingerprint density at radius 3 is 1.35 bits per heavy atom. The number of amides is 1. The van der Waals surface area contributed by atoms with E-state index < -0.39 is 26.6 Å². The first-order valence-electron chi connectivity index (χ1n) is 27.0. The number of nitrogens with one attached hydrogen (secondary N) is 1. The van der Waals surface area contributed by atoms with Crippen LogP contribution in [0, 0.1) is 0 Å². The maximum atomic E-state index is 12.9. The fourth-order valence-electron chi connectivity index (χ4n) is 6.83. The quantitative estimate of drug-likeness (QED) is 0.0272. The molecule has 69 heavy (non-hydrogen) atoms. The minimum Gasteiger partial charge on any atom is -0.756 e. The first-order valence-corrected chi connectivity index (χ1v) is 28.5. The summed E-state index contributed by atoms with van der Waals surface area (Å²) in [6, 6.07) is -0.920. The summed E-state index contributed by atoms with van der Waals surface area (Å²) in [6.45, 7) is 4.42. The van der Waals surface area contributed by atoms with E-state index in [1.807, 2.05) is 27.2 Å². The van der Waals surface area contributed by atoms with Crippen molar-refractivity contribution in [3.63, 3.8) is 0 Å². The number of phosphoric ester groups is 1. The third-order valence-corrected chi connectivity index (χ3v) is 12.0. The van der Waals surface area contributed by atoms with Crippen LogP contribution in [0.25, 0.3) is 0 Å². The second-order valence-corrected chi connectivity index (χ2v) is 20.2. The van der Waals surface area contributed by atoms with Gasteiger partial charge in [0, 0.05) is 6.42 Å². The lowest BCUT2D eigenvalue weighted by molar-refractivity contribution is -0.870. The molecule has 0 saturated heterocycles. The van der Waals surface area contributed by atoms with Crippen LogP contribution in [0.4, 0.5) is 0 Å². The molecule has 0 rings (SSSR count). The summed E-state index contributed by atoms with van der Waals surface area (Å²) < 4.78 is 23.2. The van der Waals surface area contributed by atoms with Crippen LogP contribution >= 0.6 is 7.82 Å². The van der Waals surface area contributed by atoms with Gasteiger partial charge in [-0.25, -0.2) is 0 Å². The highest BCUT2D eigenvalue weighted by molar-refractivity contribution is 7.45. The molecule has 0 bridgehead atoms. The van der Waals surface area contributed by atoms with Crippen molar-refractivity contribution in [2.24, 2.45) is 0 Å². The molecule has 0 spiro atoms. The van der Waals surface area contributed by atoms with Crippen LogP contribution < -0.4 is 10.2 Å². The average Bonchev–Trinajstić information content (AvgIpc) is 3.31. The Morgan fingerprint density at radius 1 is 0.522 bits per heavy atom. The highest BCUT2D eigenvalue weighted by Gasteiger charge is 2.23. The van der Waals surface area contributed by atoms with Crippen molar-refractivity contribution in [2.75, 3.05) is 40.9 Å². The number of likely N-dealkylation sites (N-methyl/N-ethyl adjacent to an activating group) is 1. The summed E-state index contributed by atoms with van der Waals surface area (Å²) in [7, 11) is 1.21. The van der Waals surface area contributed by atoms with Crippen molar-refractivity contribution >= 4 is 13.7 Å². The largest absolute Gasteiger partial charge is 0.756 e. The molecule has 8 nitrogen and oxygen atoms in total. The van der Waals surface area contributed by atoms with Gasteiger partial charge in [0.2, 0.25) is 5.91 Å². The van der Waals surface area contributed by atoms with Crippen molar-refractivity contribution in [2.45, 2.75) is 199 Å². The molecule has 9 heteroatoms. The second-order valence-electron chi connectivity index (χ2n) is 18.8. The summed E-state index contributed by atoms with van der Waals surface area (Å²) >= 11 is 0. The molecule has 3 atom stereocenters. The van der Waals surface area contributed by atoms with E-state index in [-0.39, 0.29) is 12.5 Å². The van der Waals surface area contributed by atoms with E-state index in [9.17, 15) is 19.4 Å². The number of aliphatic hydroxyl groups is 1. The van der Waals surface area contributed by atoms with E-state index in [0.717, 1.165) is 116 Å². The normalized spacial score (nSPS) is 15.1. The van der Waals surface area contributed by atoms with Gasteiger partial charge in [-0.05, 0) is 103 Å². The molecule has 3 unspecified atom stereocenters. The highest BCUT2D eigenvalue weighted by atomic mass is 31.2. The van der Waals surface area contributed by atoms with Gasteiger partial charge in [0.25, 0.3) is 7.82 Å². The number of aliphatic hydroxyl groups excluding tert-OH is 1. The van der Waals surface area contributed by atoms with Gasteiger partial charge in [0.05, 0.1) is 39.9 Å². The summed E-state index contributed by atoms with van der Waals surface area (Å²) in [4.78, 5) is 25.4. The lowest BCUT2D eigenvalue weighted by atomic mass is 10.0. The SMILES string of the molecule is CC/C=C\C/C=C\C/C=C\C/C=C\C/C=C\C/C=C\C/C=C\C/C=C\CCCCCCCCCCCCC(=O)NC(COP(=O)([O-])OCC[N+](C)(C)C)C(O)/C=C/CC/C=C/CC/C=C/CCCC. The average molecular weight is 977 g/mol. The molecule has 0 radical (unpaired) electrons. The van der Waals surface area contributed by atoms with Crippen LogP contribution in [0.3, 0.4) is 0 Å². The minimum absolute atomic E-state index is 0.0168. The van der Waals surface area contributed by atoms with Gasteiger partial charge in [-0.1, -0.05) is 212 Å². The molecule has 0 heterocycles. The molecule has 0 saturated carbocycles. The predicted molar refractivity (Wildman–Crippen MR) is 297 cm³/mol. The Hall–Kier alpha value is -3.36. The number of hydrogen-bond acceptors (Lipinski definition) is 6. The minimum atomic E-state index is -4.61. The molecule has 0 aliphatic rings. The smallest absolute Gasteiger partial charge is 0.268 e. The maximum Gasteiger partial charge on any atom is 0.268 e. The number of carbonyl (C=O) groups excluding carboxylic acids is 1. The summed E-state index contributed by atoms with van der Waals surface area (Å²) in [5.74, 6) is -0.224. The van der Waals surface area contributed by atoms with Crippen LogP contribution in [0.2, 0.25) is 0 Å². The molecule has 0 aromatic carbocycles. The molecular formula is C60H101N2O6P. The molecule has 0 aromatic heterocycles. The fraction of sp³-hybridized carbons (Fsp3) is 0.617. The number of phosphoric acid groups is 1. The Morgan fingerprint density at radius 2 is 0.899 bits per heavy atom. The van der Waals surface area contributed by atoms with Gasteiger partial charge >= 0.3 is 0 Å². The van der Waals surface area contributed by atoms with Crippen LogP contribution in [-0.4, -0.2) is 68.5 Å². The topological polar surface area (TPSA) is 108 Å². The lowest BCUT2D eigenvalue weighted by Gasteiger charge is -2.29. The van der Waals surface area contributed by atoms with Gasteiger partial charge in [0.1, 0.15) is 13.2 Å². The maximum absolute atomic E-state index is 12.9. The summed E-state index contributed by atoms with van der Waals surface area (Å²) in [6.07, 6.45) is 75.3. The molecule has 0 aromatic rings. The number of carbonyl (C=O) groups is 1. The van der Waals surface area contributed by atoms with Gasteiger partial charge in [-0.2, -0.15) is 0 Å². The molecule has 0 fully saturated rings. The Bertz CT molecular complexity index is 1580. The number of rotatable bonds is 47. The Labute approximate surface area is 424 Å². The molecule has 392 valence electrons. The van der Waals surface area contributed by atoms with Crippen molar-refractivity contribution in [1.29, 1.82) is 0 Å². The number of unbranched alkanes of at least 4 members (excludes halogenated alkanes) is 14. The van der Waals surface area contributed by atoms with Gasteiger partial charge < -0.3 is 28.8 Å². The van der Waals surface area contributed by atoms with Crippen molar-refractivity contribution in [3.05, 3.63) is 134 Å². The van der Waals surface area contributed by atoms with E-state index in [1.165, 1.54) is 51.4 Å². The Balaban J connectivity index is 4.17. The van der Waals surface area contributed by atoms with E-state index >= 15 is 0 Å². The predicted octanol–water partition coefficient (Wildman–Crippen LogP) is 15.7. The zero-order chi connectivity index (χ0) is 50.6. The third kappa shape index (κ3) is 52.3. The van der Waals surface area contributed by atoms with E-state index in [2.05, 4.69) is 141 Å².